The van der Waals surface area contributed by atoms with Crippen LogP contribution < -0.4 is 20.5 Å². The fourth-order valence-corrected chi connectivity index (χ4v) is 3.70. The van der Waals surface area contributed by atoms with Gasteiger partial charge in [0.1, 0.15) is 5.75 Å². The summed E-state index contributed by atoms with van der Waals surface area (Å²) in [4.78, 5) is 38.3. The minimum absolute atomic E-state index is 0.0968. The van der Waals surface area contributed by atoms with E-state index < -0.39 is 11.8 Å². The molecule has 1 aliphatic rings. The summed E-state index contributed by atoms with van der Waals surface area (Å²) in [5, 5.41) is 0. The van der Waals surface area contributed by atoms with E-state index in [1.165, 1.54) is 0 Å². The molecule has 3 aromatic rings. The van der Waals surface area contributed by atoms with Crippen LogP contribution in [0.4, 0.5) is 5.69 Å². The Bertz CT molecular complexity index is 1130. The zero-order valence-corrected chi connectivity index (χ0v) is 18.1. The summed E-state index contributed by atoms with van der Waals surface area (Å²) in [7, 11) is 0. The van der Waals surface area contributed by atoms with Crippen LogP contribution in [-0.4, -0.2) is 30.9 Å². The van der Waals surface area contributed by atoms with Crippen LogP contribution in [0.1, 0.15) is 29.6 Å². The van der Waals surface area contributed by atoms with E-state index in [1.54, 1.807) is 35.2 Å². The molecule has 0 aliphatic carbocycles. The van der Waals surface area contributed by atoms with Crippen molar-refractivity contribution in [3.05, 3.63) is 84.4 Å². The SMILES string of the molecule is O=C(COc1ccccc1-c1ccccc1)NNC(=O)c1ccc(N2CCCCC2=O)cc1. The standard InChI is InChI=1S/C26H25N3O4/c30-24(18-33-23-11-5-4-10-22(23)19-8-2-1-3-9-19)27-28-26(32)20-13-15-21(16-14-20)29-17-7-6-12-25(29)31/h1-5,8-11,13-16H,6-7,12,17-18H2,(H,27,30)(H,28,32). The summed E-state index contributed by atoms with van der Waals surface area (Å²) >= 11 is 0. The lowest BCUT2D eigenvalue weighted by Gasteiger charge is -2.26. The van der Waals surface area contributed by atoms with Gasteiger partial charge in [0.25, 0.3) is 11.8 Å². The maximum Gasteiger partial charge on any atom is 0.276 e. The molecule has 3 amide bonds. The van der Waals surface area contributed by atoms with Crippen molar-refractivity contribution in [1.82, 2.24) is 10.9 Å². The lowest BCUT2D eigenvalue weighted by Crippen LogP contribution is -2.43. The van der Waals surface area contributed by atoms with Crippen LogP contribution in [0.3, 0.4) is 0 Å². The van der Waals surface area contributed by atoms with Gasteiger partial charge in [-0.3, -0.25) is 25.2 Å². The largest absolute Gasteiger partial charge is 0.483 e. The van der Waals surface area contributed by atoms with Crippen molar-refractivity contribution in [2.45, 2.75) is 19.3 Å². The second-order valence-corrected chi connectivity index (χ2v) is 7.70. The molecule has 7 heteroatoms. The molecular formula is C26H25N3O4. The van der Waals surface area contributed by atoms with Gasteiger partial charge in [0, 0.05) is 29.8 Å². The molecule has 168 valence electrons. The first-order valence-electron chi connectivity index (χ1n) is 10.9. The number of nitrogens with zero attached hydrogens (tertiary/aromatic N) is 1. The number of rotatable bonds is 6. The van der Waals surface area contributed by atoms with Gasteiger partial charge in [-0.2, -0.15) is 0 Å². The van der Waals surface area contributed by atoms with E-state index in [4.69, 9.17) is 4.74 Å². The maximum absolute atomic E-state index is 12.4. The molecular weight excluding hydrogens is 418 g/mol. The summed E-state index contributed by atoms with van der Waals surface area (Å²) in [5.41, 5.74) is 7.76. The lowest BCUT2D eigenvalue weighted by molar-refractivity contribution is -0.124. The van der Waals surface area contributed by atoms with Crippen LogP contribution in [0.25, 0.3) is 11.1 Å². The molecule has 0 atom stereocenters. The van der Waals surface area contributed by atoms with E-state index in [9.17, 15) is 14.4 Å². The zero-order valence-electron chi connectivity index (χ0n) is 18.1. The molecule has 3 aromatic carbocycles. The predicted molar refractivity (Wildman–Crippen MR) is 126 cm³/mol. The Balaban J connectivity index is 1.29. The first-order valence-corrected chi connectivity index (χ1v) is 10.9. The van der Waals surface area contributed by atoms with Crippen molar-refractivity contribution in [2.24, 2.45) is 0 Å². The number of anilines is 1. The second kappa shape index (κ2) is 10.5. The van der Waals surface area contributed by atoms with Crippen molar-refractivity contribution in [3.8, 4) is 16.9 Å². The van der Waals surface area contributed by atoms with Crippen LogP contribution in [0.15, 0.2) is 78.9 Å². The summed E-state index contributed by atoms with van der Waals surface area (Å²) < 4.78 is 5.68. The number of piperidine rings is 1. The van der Waals surface area contributed by atoms with Gasteiger partial charge in [-0.05, 0) is 48.7 Å². The monoisotopic (exact) mass is 443 g/mol. The fourth-order valence-electron chi connectivity index (χ4n) is 3.70. The first-order chi connectivity index (χ1) is 16.1. The third kappa shape index (κ3) is 5.57. The summed E-state index contributed by atoms with van der Waals surface area (Å²) in [6, 6.07) is 23.9. The molecule has 2 N–H and O–H groups in total. The third-order valence-corrected chi connectivity index (χ3v) is 5.41. The molecule has 0 aromatic heterocycles. The van der Waals surface area contributed by atoms with Gasteiger partial charge in [0.2, 0.25) is 5.91 Å². The molecule has 1 fully saturated rings. The number of nitrogens with one attached hydrogen (secondary N) is 2. The average molecular weight is 444 g/mol. The number of ether oxygens (including phenoxy) is 1. The van der Waals surface area contributed by atoms with Gasteiger partial charge < -0.3 is 9.64 Å². The molecule has 0 radical (unpaired) electrons. The Hall–Kier alpha value is -4.13. The van der Waals surface area contributed by atoms with Crippen molar-refractivity contribution in [1.29, 1.82) is 0 Å². The summed E-state index contributed by atoms with van der Waals surface area (Å²) in [6.45, 7) is 0.438. The van der Waals surface area contributed by atoms with Gasteiger partial charge in [-0.15, -0.1) is 0 Å². The van der Waals surface area contributed by atoms with Crippen LogP contribution in [-0.2, 0) is 9.59 Å². The smallest absolute Gasteiger partial charge is 0.276 e. The second-order valence-electron chi connectivity index (χ2n) is 7.70. The highest BCUT2D eigenvalue weighted by Crippen LogP contribution is 2.29. The molecule has 0 saturated carbocycles. The van der Waals surface area contributed by atoms with Crippen molar-refractivity contribution >= 4 is 23.4 Å². The first kappa shape index (κ1) is 22.1. The molecule has 33 heavy (non-hydrogen) atoms. The van der Waals surface area contributed by atoms with Crippen molar-refractivity contribution in [2.75, 3.05) is 18.1 Å². The molecule has 1 aliphatic heterocycles. The fraction of sp³-hybridized carbons (Fsp3) is 0.192. The van der Waals surface area contributed by atoms with Crippen LogP contribution in [0.5, 0.6) is 5.75 Å². The highest BCUT2D eigenvalue weighted by atomic mass is 16.5. The Labute approximate surface area is 192 Å². The molecule has 1 heterocycles. The van der Waals surface area contributed by atoms with E-state index in [0.717, 1.165) is 29.7 Å². The van der Waals surface area contributed by atoms with Crippen LogP contribution >= 0.6 is 0 Å². The highest BCUT2D eigenvalue weighted by Gasteiger charge is 2.19. The zero-order chi connectivity index (χ0) is 23.0. The maximum atomic E-state index is 12.4. The molecule has 0 unspecified atom stereocenters. The number of hydrogen-bond donors (Lipinski definition) is 2. The number of amides is 3. The van der Waals surface area contributed by atoms with E-state index in [-0.39, 0.29) is 12.5 Å². The van der Waals surface area contributed by atoms with E-state index in [2.05, 4.69) is 10.9 Å². The molecule has 4 rings (SSSR count). The highest BCUT2D eigenvalue weighted by molar-refractivity contribution is 5.97. The average Bonchev–Trinajstić information content (AvgIpc) is 2.87. The predicted octanol–water partition coefficient (Wildman–Crippen LogP) is 3.71. The van der Waals surface area contributed by atoms with E-state index in [0.29, 0.717) is 24.3 Å². The van der Waals surface area contributed by atoms with Gasteiger partial charge in [-0.25, -0.2) is 0 Å². The Morgan fingerprint density at radius 3 is 2.33 bits per heavy atom. The number of para-hydroxylation sites is 1. The minimum atomic E-state index is -0.484. The minimum Gasteiger partial charge on any atom is -0.483 e. The van der Waals surface area contributed by atoms with Gasteiger partial charge >= 0.3 is 0 Å². The molecule has 1 saturated heterocycles. The molecule has 7 nitrogen and oxygen atoms in total. The number of benzene rings is 3. The number of hydrazine groups is 1. The number of carbonyl (C=O) groups is 3. The van der Waals surface area contributed by atoms with Crippen LogP contribution in [0.2, 0.25) is 0 Å². The molecule has 0 bridgehead atoms. The third-order valence-electron chi connectivity index (χ3n) is 5.41. The number of hydrogen-bond acceptors (Lipinski definition) is 4. The normalized spacial score (nSPS) is 13.3. The van der Waals surface area contributed by atoms with Crippen molar-refractivity contribution in [3.63, 3.8) is 0 Å². The van der Waals surface area contributed by atoms with Gasteiger partial charge in [0.05, 0.1) is 0 Å². The van der Waals surface area contributed by atoms with Crippen molar-refractivity contribution < 1.29 is 19.1 Å². The van der Waals surface area contributed by atoms with Gasteiger partial charge in [-0.1, -0.05) is 48.5 Å². The quantitative estimate of drug-likeness (QED) is 0.569. The Morgan fingerprint density at radius 1 is 0.848 bits per heavy atom. The lowest BCUT2D eigenvalue weighted by atomic mass is 10.1. The summed E-state index contributed by atoms with van der Waals surface area (Å²) in [5.74, 6) is -0.265. The topological polar surface area (TPSA) is 87.7 Å². The van der Waals surface area contributed by atoms with E-state index in [1.807, 2.05) is 48.5 Å². The Morgan fingerprint density at radius 2 is 1.58 bits per heavy atom. The van der Waals surface area contributed by atoms with Gasteiger partial charge in [0.15, 0.2) is 6.61 Å². The number of carbonyl (C=O) groups excluding carboxylic acids is 3. The van der Waals surface area contributed by atoms with Crippen LogP contribution in [0, 0.1) is 0 Å². The molecule has 0 spiro atoms. The Kier molecular flexibility index (Phi) is 6.99. The summed E-state index contributed by atoms with van der Waals surface area (Å²) in [6.07, 6.45) is 2.43. The van der Waals surface area contributed by atoms with E-state index >= 15 is 0 Å².